The maximum absolute atomic E-state index is 12.1. The quantitative estimate of drug-likeness (QED) is 0.837. The lowest BCUT2D eigenvalue weighted by molar-refractivity contribution is 0.349. The van der Waals surface area contributed by atoms with Gasteiger partial charge in [-0.05, 0) is 31.0 Å². The normalized spacial score (nSPS) is 17.6. The Labute approximate surface area is 112 Å². The van der Waals surface area contributed by atoms with Crippen molar-refractivity contribution in [2.24, 2.45) is 0 Å². The van der Waals surface area contributed by atoms with Crippen molar-refractivity contribution in [1.82, 2.24) is 4.31 Å². The minimum Gasteiger partial charge on any atom is -0.397 e. The lowest BCUT2D eigenvalue weighted by Crippen LogP contribution is -2.39. The number of hydrogen-bond donors (Lipinski definition) is 2. The number of halogens is 1. The van der Waals surface area contributed by atoms with Gasteiger partial charge in [0, 0.05) is 18.1 Å². The molecule has 1 heterocycles. The Morgan fingerprint density at radius 1 is 1.22 bits per heavy atom. The zero-order valence-electron chi connectivity index (χ0n) is 9.89. The third kappa shape index (κ3) is 3.07. The summed E-state index contributed by atoms with van der Waals surface area (Å²) in [5, 5.41) is 0.445. The molecule has 7 heteroatoms. The average molecular weight is 290 g/mol. The van der Waals surface area contributed by atoms with E-state index in [1.807, 2.05) is 0 Å². The Hall–Kier alpha value is -0.980. The number of anilines is 2. The van der Waals surface area contributed by atoms with Crippen molar-refractivity contribution in [1.29, 1.82) is 0 Å². The molecule has 1 aromatic rings. The lowest BCUT2D eigenvalue weighted by atomic mass is 10.2. The van der Waals surface area contributed by atoms with Crippen LogP contribution in [-0.2, 0) is 10.2 Å². The first-order valence-electron chi connectivity index (χ1n) is 5.82. The van der Waals surface area contributed by atoms with Crippen molar-refractivity contribution in [2.75, 3.05) is 23.5 Å². The highest BCUT2D eigenvalue weighted by atomic mass is 35.5. The average Bonchev–Trinajstić information content (AvgIpc) is 2.35. The molecular weight excluding hydrogens is 274 g/mol. The van der Waals surface area contributed by atoms with Crippen LogP contribution in [0.25, 0.3) is 0 Å². The Balaban J connectivity index is 2.18. The summed E-state index contributed by atoms with van der Waals surface area (Å²) in [7, 11) is -3.53. The molecule has 0 bridgehead atoms. The Kier molecular flexibility index (Phi) is 3.99. The van der Waals surface area contributed by atoms with E-state index in [0.29, 0.717) is 29.5 Å². The molecule has 1 aliphatic heterocycles. The highest BCUT2D eigenvalue weighted by Crippen LogP contribution is 2.25. The molecule has 0 unspecified atom stereocenters. The number of rotatable bonds is 3. The molecule has 0 aromatic heterocycles. The van der Waals surface area contributed by atoms with E-state index >= 15 is 0 Å². The fourth-order valence-corrected chi connectivity index (χ4v) is 3.42. The summed E-state index contributed by atoms with van der Waals surface area (Å²) in [4.78, 5) is 0. The Bertz CT molecular complexity index is 527. The van der Waals surface area contributed by atoms with Crippen molar-refractivity contribution in [3.05, 3.63) is 23.2 Å². The van der Waals surface area contributed by atoms with E-state index in [4.69, 9.17) is 17.3 Å². The van der Waals surface area contributed by atoms with Crippen molar-refractivity contribution in [3.8, 4) is 0 Å². The maximum atomic E-state index is 12.1. The summed E-state index contributed by atoms with van der Waals surface area (Å²) in [6.45, 7) is 1.10. The van der Waals surface area contributed by atoms with Crippen LogP contribution in [0.2, 0.25) is 5.02 Å². The van der Waals surface area contributed by atoms with Crippen LogP contribution in [0.15, 0.2) is 18.2 Å². The molecule has 1 fully saturated rings. The van der Waals surface area contributed by atoms with Crippen LogP contribution in [0.3, 0.4) is 0 Å². The predicted molar refractivity (Wildman–Crippen MR) is 73.8 cm³/mol. The van der Waals surface area contributed by atoms with Crippen LogP contribution in [0.1, 0.15) is 19.3 Å². The van der Waals surface area contributed by atoms with Gasteiger partial charge in [-0.3, -0.25) is 4.72 Å². The zero-order valence-corrected chi connectivity index (χ0v) is 11.5. The minimum atomic E-state index is -3.53. The SMILES string of the molecule is Nc1ccc(Cl)cc1NS(=O)(=O)N1CCCCC1. The molecule has 1 aliphatic rings. The number of nitrogens with two attached hydrogens (primary N) is 1. The standard InChI is InChI=1S/C11H16ClN3O2S/c12-9-4-5-10(13)11(8-9)14-18(16,17)15-6-2-1-3-7-15/h4-5,8,14H,1-3,6-7,13H2. The van der Waals surface area contributed by atoms with Gasteiger partial charge in [0.05, 0.1) is 11.4 Å². The van der Waals surface area contributed by atoms with E-state index in [-0.39, 0.29) is 0 Å². The van der Waals surface area contributed by atoms with E-state index in [1.165, 1.54) is 10.4 Å². The summed E-state index contributed by atoms with van der Waals surface area (Å²) in [6.07, 6.45) is 2.86. The fraction of sp³-hybridized carbons (Fsp3) is 0.455. The van der Waals surface area contributed by atoms with E-state index in [9.17, 15) is 8.42 Å². The molecule has 0 saturated carbocycles. The Morgan fingerprint density at radius 2 is 1.89 bits per heavy atom. The maximum Gasteiger partial charge on any atom is 0.301 e. The number of piperidine rings is 1. The van der Waals surface area contributed by atoms with Gasteiger partial charge < -0.3 is 5.73 Å². The predicted octanol–water partition coefficient (Wildman–Crippen LogP) is 2.06. The lowest BCUT2D eigenvalue weighted by Gasteiger charge is -2.26. The number of nitrogens with zero attached hydrogens (tertiary/aromatic N) is 1. The molecule has 1 aromatic carbocycles. The summed E-state index contributed by atoms with van der Waals surface area (Å²) in [5.41, 5.74) is 6.41. The fourth-order valence-electron chi connectivity index (χ4n) is 1.93. The van der Waals surface area contributed by atoms with Crippen LogP contribution >= 0.6 is 11.6 Å². The van der Waals surface area contributed by atoms with Gasteiger partial charge in [0.2, 0.25) is 0 Å². The van der Waals surface area contributed by atoms with Crippen LogP contribution in [0, 0.1) is 0 Å². The number of nitrogen functional groups attached to an aromatic ring is 1. The minimum absolute atomic E-state index is 0.327. The molecule has 1 saturated heterocycles. The first kappa shape index (κ1) is 13.5. The molecule has 0 amide bonds. The van der Waals surface area contributed by atoms with Gasteiger partial charge >= 0.3 is 10.2 Å². The van der Waals surface area contributed by atoms with Gasteiger partial charge in [-0.2, -0.15) is 12.7 Å². The molecule has 5 nitrogen and oxygen atoms in total. The van der Waals surface area contributed by atoms with Gasteiger partial charge in [0.15, 0.2) is 0 Å². The van der Waals surface area contributed by atoms with Gasteiger partial charge in [-0.15, -0.1) is 0 Å². The first-order valence-corrected chi connectivity index (χ1v) is 7.64. The first-order chi connectivity index (χ1) is 8.49. The summed E-state index contributed by atoms with van der Waals surface area (Å²) < 4.78 is 28.2. The summed E-state index contributed by atoms with van der Waals surface area (Å²) in [6, 6.07) is 4.71. The Morgan fingerprint density at radius 3 is 2.56 bits per heavy atom. The molecule has 0 aliphatic carbocycles. The van der Waals surface area contributed by atoms with Crippen molar-refractivity contribution >= 4 is 33.2 Å². The summed E-state index contributed by atoms with van der Waals surface area (Å²) >= 11 is 5.83. The third-order valence-corrected chi connectivity index (χ3v) is 4.67. The van der Waals surface area contributed by atoms with Gasteiger partial charge in [-0.1, -0.05) is 18.0 Å². The van der Waals surface area contributed by atoms with E-state index in [2.05, 4.69) is 4.72 Å². The topological polar surface area (TPSA) is 75.4 Å². The second-order valence-electron chi connectivity index (χ2n) is 4.30. The van der Waals surface area contributed by atoms with Crippen molar-refractivity contribution in [2.45, 2.75) is 19.3 Å². The van der Waals surface area contributed by atoms with Crippen LogP contribution in [0.5, 0.6) is 0 Å². The van der Waals surface area contributed by atoms with Gasteiger partial charge in [-0.25, -0.2) is 0 Å². The van der Waals surface area contributed by atoms with Crippen LogP contribution in [-0.4, -0.2) is 25.8 Å². The van der Waals surface area contributed by atoms with Gasteiger partial charge in [0.25, 0.3) is 0 Å². The van der Waals surface area contributed by atoms with Crippen LogP contribution < -0.4 is 10.5 Å². The number of nitrogens with one attached hydrogen (secondary N) is 1. The van der Waals surface area contributed by atoms with E-state index < -0.39 is 10.2 Å². The summed E-state index contributed by atoms with van der Waals surface area (Å²) in [5.74, 6) is 0. The van der Waals surface area contributed by atoms with Crippen LogP contribution in [0.4, 0.5) is 11.4 Å². The van der Waals surface area contributed by atoms with E-state index in [0.717, 1.165) is 19.3 Å². The molecule has 18 heavy (non-hydrogen) atoms. The highest BCUT2D eigenvalue weighted by Gasteiger charge is 2.24. The second-order valence-corrected chi connectivity index (χ2v) is 6.41. The molecule has 0 spiro atoms. The molecule has 3 N–H and O–H groups in total. The number of benzene rings is 1. The smallest absolute Gasteiger partial charge is 0.301 e. The zero-order chi connectivity index (χ0) is 13.2. The monoisotopic (exact) mass is 289 g/mol. The van der Waals surface area contributed by atoms with Crippen molar-refractivity contribution in [3.63, 3.8) is 0 Å². The molecule has 2 rings (SSSR count). The molecule has 100 valence electrons. The van der Waals surface area contributed by atoms with Gasteiger partial charge in [0.1, 0.15) is 0 Å². The largest absolute Gasteiger partial charge is 0.397 e. The van der Waals surface area contributed by atoms with E-state index in [1.54, 1.807) is 12.1 Å². The highest BCUT2D eigenvalue weighted by molar-refractivity contribution is 7.90. The van der Waals surface area contributed by atoms with Crippen molar-refractivity contribution < 1.29 is 8.42 Å². The molecule has 0 atom stereocenters. The third-order valence-electron chi connectivity index (χ3n) is 2.91. The second kappa shape index (κ2) is 5.34. The molecule has 0 radical (unpaired) electrons. The number of hydrogen-bond acceptors (Lipinski definition) is 3. The molecular formula is C11H16ClN3O2S.